The maximum atomic E-state index is 13.0. The van der Waals surface area contributed by atoms with Gasteiger partial charge < -0.3 is 10.2 Å². The van der Waals surface area contributed by atoms with E-state index in [1.54, 1.807) is 12.4 Å². The summed E-state index contributed by atoms with van der Waals surface area (Å²) in [4.78, 5) is 16.5. The van der Waals surface area contributed by atoms with E-state index >= 15 is 0 Å². The molecule has 0 saturated carbocycles. The Kier molecular flexibility index (Phi) is 3.18. The molecule has 4 rings (SSSR count). The van der Waals surface area contributed by atoms with Crippen molar-refractivity contribution in [3.05, 3.63) is 41.7 Å². The van der Waals surface area contributed by atoms with E-state index in [1.807, 2.05) is 30.0 Å². The van der Waals surface area contributed by atoms with Crippen LogP contribution in [0.15, 0.2) is 30.6 Å². The number of hydrogen-bond acceptors (Lipinski definition) is 4. The number of fused-ring (bicyclic) bond motifs is 1. The molecule has 0 bridgehead atoms. The van der Waals surface area contributed by atoms with Gasteiger partial charge >= 0.3 is 0 Å². The molecule has 1 amide bonds. The first kappa shape index (κ1) is 13.5. The highest BCUT2D eigenvalue weighted by atomic mass is 16.2. The molecule has 114 valence electrons. The van der Waals surface area contributed by atoms with Gasteiger partial charge in [-0.3, -0.25) is 4.79 Å². The highest BCUT2D eigenvalue weighted by Gasteiger charge is 2.43. The summed E-state index contributed by atoms with van der Waals surface area (Å²) in [6, 6.07) is 6.17. The zero-order chi connectivity index (χ0) is 15.1. The van der Waals surface area contributed by atoms with E-state index in [1.165, 1.54) is 4.80 Å². The molecule has 1 N–H and O–H groups in total. The number of carbonyl (C=O) groups excluding carboxylic acids is 1. The molecule has 0 radical (unpaired) electrons. The molecule has 22 heavy (non-hydrogen) atoms. The number of nitrogens with one attached hydrogen (secondary N) is 1. The summed E-state index contributed by atoms with van der Waals surface area (Å²) in [6.45, 7) is 4.83. The van der Waals surface area contributed by atoms with E-state index < -0.39 is 0 Å². The molecule has 6 nitrogen and oxygen atoms in total. The molecule has 1 aromatic carbocycles. The average molecular weight is 297 g/mol. The molecular formula is C16H19N5O. The normalized spacial score (nSPS) is 23.8. The Morgan fingerprint density at radius 1 is 1.32 bits per heavy atom. The molecule has 2 aromatic rings. The number of carbonyl (C=O) groups is 1. The second-order valence-electron chi connectivity index (χ2n) is 6.12. The summed E-state index contributed by atoms with van der Waals surface area (Å²) in [5.41, 5.74) is 2.49. The fourth-order valence-corrected chi connectivity index (χ4v) is 3.45. The lowest BCUT2D eigenvalue weighted by molar-refractivity contribution is 0.00278. The molecular weight excluding hydrogens is 278 g/mol. The number of benzene rings is 1. The van der Waals surface area contributed by atoms with Gasteiger partial charge in [0, 0.05) is 19.1 Å². The topological polar surface area (TPSA) is 63.1 Å². The first-order valence-corrected chi connectivity index (χ1v) is 7.73. The Hall–Kier alpha value is -2.21. The predicted octanol–water partition coefficient (Wildman–Crippen LogP) is 1.01. The zero-order valence-electron chi connectivity index (χ0n) is 12.6. The van der Waals surface area contributed by atoms with E-state index in [4.69, 9.17) is 0 Å². The van der Waals surface area contributed by atoms with Crippen LogP contribution in [0.3, 0.4) is 0 Å². The molecule has 0 spiro atoms. The van der Waals surface area contributed by atoms with E-state index in [9.17, 15) is 4.79 Å². The van der Waals surface area contributed by atoms with Crippen LogP contribution in [0.5, 0.6) is 0 Å². The number of nitrogens with zero attached hydrogens (tertiary/aromatic N) is 4. The van der Waals surface area contributed by atoms with Crippen LogP contribution in [0.1, 0.15) is 22.3 Å². The summed E-state index contributed by atoms with van der Waals surface area (Å²) in [5, 5.41) is 11.7. The summed E-state index contributed by atoms with van der Waals surface area (Å²) < 4.78 is 0. The molecule has 2 aliphatic heterocycles. The SMILES string of the molecule is Cc1ccc(-n2nccn2)c(C(=O)N2C[C@@H]3CCNC[C@@H]32)c1. The van der Waals surface area contributed by atoms with E-state index in [0.717, 1.165) is 37.3 Å². The number of rotatable bonds is 2. The molecule has 0 aliphatic carbocycles. The van der Waals surface area contributed by atoms with E-state index in [2.05, 4.69) is 15.5 Å². The minimum atomic E-state index is 0.0842. The van der Waals surface area contributed by atoms with Gasteiger partial charge in [-0.1, -0.05) is 11.6 Å². The Morgan fingerprint density at radius 3 is 2.91 bits per heavy atom. The summed E-state index contributed by atoms with van der Waals surface area (Å²) in [6.07, 6.45) is 4.41. The van der Waals surface area contributed by atoms with E-state index in [0.29, 0.717) is 17.5 Å². The minimum absolute atomic E-state index is 0.0842. The maximum Gasteiger partial charge on any atom is 0.256 e. The van der Waals surface area contributed by atoms with Crippen molar-refractivity contribution >= 4 is 5.91 Å². The first-order valence-electron chi connectivity index (χ1n) is 7.73. The van der Waals surface area contributed by atoms with Crippen molar-refractivity contribution in [1.29, 1.82) is 0 Å². The Labute approximate surface area is 129 Å². The Balaban J connectivity index is 1.67. The fraction of sp³-hybridized carbons (Fsp3) is 0.438. The lowest BCUT2D eigenvalue weighted by Gasteiger charge is -2.51. The van der Waals surface area contributed by atoms with Gasteiger partial charge in [0.1, 0.15) is 0 Å². The van der Waals surface area contributed by atoms with Crippen LogP contribution in [0.2, 0.25) is 0 Å². The van der Waals surface area contributed by atoms with Crippen LogP contribution in [-0.2, 0) is 0 Å². The van der Waals surface area contributed by atoms with Crippen LogP contribution >= 0.6 is 0 Å². The predicted molar refractivity (Wildman–Crippen MR) is 81.9 cm³/mol. The third-order valence-corrected chi connectivity index (χ3v) is 4.70. The lowest BCUT2D eigenvalue weighted by Crippen LogP contribution is -2.65. The van der Waals surface area contributed by atoms with Crippen molar-refractivity contribution in [1.82, 2.24) is 25.2 Å². The monoisotopic (exact) mass is 297 g/mol. The molecule has 3 heterocycles. The third-order valence-electron chi connectivity index (χ3n) is 4.70. The van der Waals surface area contributed by atoms with Crippen molar-refractivity contribution in [2.45, 2.75) is 19.4 Å². The number of amides is 1. The maximum absolute atomic E-state index is 13.0. The van der Waals surface area contributed by atoms with Gasteiger partial charge in [-0.15, -0.1) is 0 Å². The van der Waals surface area contributed by atoms with Crippen LogP contribution in [-0.4, -0.2) is 51.5 Å². The van der Waals surface area contributed by atoms with Gasteiger partial charge in [0.25, 0.3) is 5.91 Å². The van der Waals surface area contributed by atoms with Crippen LogP contribution in [0.25, 0.3) is 5.69 Å². The second kappa shape index (κ2) is 5.21. The number of aryl methyl sites for hydroxylation is 1. The molecule has 2 fully saturated rings. The number of aromatic nitrogens is 3. The zero-order valence-corrected chi connectivity index (χ0v) is 12.6. The van der Waals surface area contributed by atoms with Crippen molar-refractivity contribution in [3.63, 3.8) is 0 Å². The van der Waals surface area contributed by atoms with Gasteiger partial charge in [-0.2, -0.15) is 15.0 Å². The molecule has 2 aliphatic rings. The molecule has 0 unspecified atom stereocenters. The fourth-order valence-electron chi connectivity index (χ4n) is 3.45. The summed E-state index contributed by atoms with van der Waals surface area (Å²) in [5.74, 6) is 0.738. The summed E-state index contributed by atoms with van der Waals surface area (Å²) in [7, 11) is 0. The third kappa shape index (κ3) is 2.11. The highest BCUT2D eigenvalue weighted by Crippen LogP contribution is 2.32. The van der Waals surface area contributed by atoms with Crippen molar-refractivity contribution in [3.8, 4) is 5.69 Å². The number of hydrogen-bond donors (Lipinski definition) is 1. The molecule has 1 aromatic heterocycles. The van der Waals surface area contributed by atoms with Crippen molar-refractivity contribution in [2.24, 2.45) is 5.92 Å². The minimum Gasteiger partial charge on any atom is -0.334 e. The van der Waals surface area contributed by atoms with Gasteiger partial charge in [0.05, 0.1) is 23.6 Å². The highest BCUT2D eigenvalue weighted by molar-refractivity contribution is 5.98. The second-order valence-corrected chi connectivity index (χ2v) is 6.12. The average Bonchev–Trinajstić information content (AvgIpc) is 3.02. The lowest BCUT2D eigenvalue weighted by atomic mass is 9.82. The van der Waals surface area contributed by atoms with Crippen LogP contribution in [0, 0.1) is 12.8 Å². The largest absolute Gasteiger partial charge is 0.334 e. The number of likely N-dealkylation sites (tertiary alicyclic amines) is 1. The van der Waals surface area contributed by atoms with Gasteiger partial charge in [0.2, 0.25) is 0 Å². The standard InChI is InChI=1S/C16H19N5O/c1-11-2-3-14(21-18-6-7-19-21)13(8-11)16(22)20-10-12-4-5-17-9-15(12)20/h2-3,6-8,12,15,17H,4-5,9-10H2,1H3/t12-,15-/m0/s1. The Bertz CT molecular complexity index is 697. The van der Waals surface area contributed by atoms with Gasteiger partial charge in [0.15, 0.2) is 0 Å². The van der Waals surface area contributed by atoms with Crippen LogP contribution in [0.4, 0.5) is 0 Å². The molecule has 2 saturated heterocycles. The smallest absolute Gasteiger partial charge is 0.256 e. The molecule has 6 heteroatoms. The van der Waals surface area contributed by atoms with Crippen LogP contribution < -0.4 is 5.32 Å². The van der Waals surface area contributed by atoms with Crippen molar-refractivity contribution in [2.75, 3.05) is 19.6 Å². The first-order chi connectivity index (χ1) is 10.7. The quantitative estimate of drug-likeness (QED) is 0.898. The van der Waals surface area contributed by atoms with Gasteiger partial charge in [-0.05, 0) is 37.9 Å². The van der Waals surface area contributed by atoms with Gasteiger partial charge in [-0.25, -0.2) is 0 Å². The summed E-state index contributed by atoms with van der Waals surface area (Å²) >= 11 is 0. The Morgan fingerprint density at radius 2 is 2.14 bits per heavy atom. The molecule has 2 atom stereocenters. The number of piperidine rings is 1. The van der Waals surface area contributed by atoms with E-state index in [-0.39, 0.29) is 5.91 Å². The van der Waals surface area contributed by atoms with Crippen molar-refractivity contribution < 1.29 is 4.79 Å².